The second-order valence-corrected chi connectivity index (χ2v) is 4.25. The molecule has 0 aliphatic heterocycles. The Labute approximate surface area is 105 Å². The molecule has 4 N–H and O–H groups in total. The first-order valence-electron chi connectivity index (χ1n) is 3.71. The molecule has 0 aliphatic rings. The van der Waals surface area contributed by atoms with Crippen molar-refractivity contribution in [2.75, 3.05) is 5.32 Å². The van der Waals surface area contributed by atoms with Crippen LogP contribution < -0.4 is 11.1 Å². The van der Waals surface area contributed by atoms with Gasteiger partial charge in [-0.05, 0) is 40.3 Å². The fourth-order valence-corrected chi connectivity index (χ4v) is 1.68. The molecule has 0 aliphatic carbocycles. The highest BCUT2D eigenvalue weighted by Gasteiger charge is 2.17. The van der Waals surface area contributed by atoms with Crippen molar-refractivity contribution in [1.29, 1.82) is 0 Å². The van der Waals surface area contributed by atoms with E-state index >= 15 is 0 Å². The summed E-state index contributed by atoms with van der Waals surface area (Å²) >= 11 is 13.6. The number of rotatable bonds is 2. The number of nitrogens with one attached hydrogen (secondary N) is 1. The summed E-state index contributed by atoms with van der Waals surface area (Å²) in [7, 11) is 0. The van der Waals surface area contributed by atoms with Crippen LogP contribution in [-0.4, -0.2) is 16.2 Å². The Bertz CT molecular complexity index is 439. The van der Waals surface area contributed by atoms with Gasteiger partial charge in [0.25, 0.3) is 0 Å². The second-order valence-electron chi connectivity index (χ2n) is 2.58. The Hall–Kier alpha value is -0.850. The SMILES string of the molecule is NC(=S)Nc1ccc(Br)c(Cl)c1C(=O)O. The standard InChI is InChI=1S/C8H6BrClN2O2S/c9-3-1-2-4(12-8(11)15)5(6(3)10)7(13)14/h1-2H,(H,13,14)(H3,11,12,15). The van der Waals surface area contributed by atoms with Crippen molar-refractivity contribution < 1.29 is 9.90 Å². The minimum absolute atomic E-state index is 0.0177. The minimum Gasteiger partial charge on any atom is -0.478 e. The molecule has 80 valence electrons. The van der Waals surface area contributed by atoms with Crippen LogP contribution in [0.15, 0.2) is 16.6 Å². The Morgan fingerprint density at radius 1 is 1.60 bits per heavy atom. The van der Waals surface area contributed by atoms with Gasteiger partial charge < -0.3 is 16.2 Å². The van der Waals surface area contributed by atoms with Gasteiger partial charge in [-0.3, -0.25) is 0 Å². The van der Waals surface area contributed by atoms with Gasteiger partial charge in [-0.25, -0.2) is 4.79 Å². The van der Waals surface area contributed by atoms with E-state index in [1.54, 1.807) is 6.07 Å². The maximum Gasteiger partial charge on any atom is 0.339 e. The molecule has 0 aromatic heterocycles. The minimum atomic E-state index is -1.15. The van der Waals surface area contributed by atoms with E-state index in [1.807, 2.05) is 0 Å². The molecule has 0 heterocycles. The molecule has 0 spiro atoms. The number of carboxylic acid groups (broad SMARTS) is 1. The molecular formula is C8H6BrClN2O2S. The van der Waals surface area contributed by atoms with E-state index in [4.69, 9.17) is 22.4 Å². The van der Waals surface area contributed by atoms with Crippen LogP contribution in [-0.2, 0) is 0 Å². The van der Waals surface area contributed by atoms with Gasteiger partial charge in [0.1, 0.15) is 5.56 Å². The van der Waals surface area contributed by atoms with E-state index < -0.39 is 5.97 Å². The summed E-state index contributed by atoms with van der Waals surface area (Å²) in [5.74, 6) is -1.15. The van der Waals surface area contributed by atoms with Crippen molar-refractivity contribution in [2.24, 2.45) is 5.73 Å². The lowest BCUT2D eigenvalue weighted by atomic mass is 10.2. The highest BCUT2D eigenvalue weighted by atomic mass is 79.9. The van der Waals surface area contributed by atoms with Crippen LogP contribution in [0.25, 0.3) is 0 Å². The largest absolute Gasteiger partial charge is 0.478 e. The number of carboxylic acids is 1. The summed E-state index contributed by atoms with van der Waals surface area (Å²) < 4.78 is 0.495. The van der Waals surface area contributed by atoms with E-state index in [9.17, 15) is 4.79 Å². The number of aromatic carboxylic acids is 1. The van der Waals surface area contributed by atoms with Crippen LogP contribution in [0.5, 0.6) is 0 Å². The van der Waals surface area contributed by atoms with Crippen LogP contribution in [0, 0.1) is 0 Å². The summed E-state index contributed by atoms with van der Waals surface area (Å²) in [4.78, 5) is 10.9. The molecule has 0 atom stereocenters. The summed E-state index contributed by atoms with van der Waals surface area (Å²) in [6.07, 6.45) is 0. The zero-order valence-electron chi connectivity index (χ0n) is 7.25. The molecule has 4 nitrogen and oxygen atoms in total. The Kier molecular flexibility index (Phi) is 3.90. The van der Waals surface area contributed by atoms with Gasteiger partial charge in [-0.2, -0.15) is 0 Å². The molecule has 1 rings (SSSR count). The van der Waals surface area contributed by atoms with Gasteiger partial charge >= 0.3 is 5.97 Å². The molecule has 0 saturated carbocycles. The van der Waals surface area contributed by atoms with E-state index in [2.05, 4.69) is 33.5 Å². The van der Waals surface area contributed by atoms with Gasteiger partial charge in [0.2, 0.25) is 0 Å². The van der Waals surface area contributed by atoms with Crippen molar-refractivity contribution in [3.05, 3.63) is 27.2 Å². The molecule has 0 amide bonds. The van der Waals surface area contributed by atoms with E-state index in [0.717, 1.165) is 0 Å². The fourth-order valence-electron chi connectivity index (χ4n) is 0.997. The molecule has 0 bridgehead atoms. The fraction of sp³-hybridized carbons (Fsp3) is 0. The number of hydrogen-bond donors (Lipinski definition) is 3. The number of carbonyl (C=O) groups is 1. The number of benzene rings is 1. The van der Waals surface area contributed by atoms with Crippen LogP contribution in [0.4, 0.5) is 5.69 Å². The first-order valence-corrected chi connectivity index (χ1v) is 5.29. The summed E-state index contributed by atoms with van der Waals surface area (Å²) in [6, 6.07) is 3.13. The van der Waals surface area contributed by atoms with Crippen LogP contribution in [0.3, 0.4) is 0 Å². The molecular weight excluding hydrogens is 304 g/mol. The smallest absolute Gasteiger partial charge is 0.339 e. The monoisotopic (exact) mass is 308 g/mol. The normalized spacial score (nSPS) is 9.73. The molecule has 0 fully saturated rings. The number of nitrogens with two attached hydrogens (primary N) is 1. The van der Waals surface area contributed by atoms with Crippen LogP contribution >= 0.6 is 39.7 Å². The lowest BCUT2D eigenvalue weighted by Crippen LogP contribution is -2.20. The number of hydrogen-bond acceptors (Lipinski definition) is 2. The second kappa shape index (κ2) is 4.78. The summed E-state index contributed by atoms with van der Waals surface area (Å²) in [6.45, 7) is 0. The van der Waals surface area contributed by atoms with Crippen LogP contribution in [0.2, 0.25) is 5.02 Å². The highest BCUT2D eigenvalue weighted by molar-refractivity contribution is 9.10. The average molecular weight is 310 g/mol. The Balaban J connectivity index is 3.33. The molecule has 0 unspecified atom stereocenters. The highest BCUT2D eigenvalue weighted by Crippen LogP contribution is 2.31. The lowest BCUT2D eigenvalue weighted by Gasteiger charge is -2.10. The van der Waals surface area contributed by atoms with Crippen molar-refractivity contribution >= 4 is 56.5 Å². The van der Waals surface area contributed by atoms with Gasteiger partial charge in [0, 0.05) is 4.47 Å². The molecule has 1 aromatic carbocycles. The first-order chi connectivity index (χ1) is 6.93. The zero-order valence-corrected chi connectivity index (χ0v) is 10.4. The molecule has 15 heavy (non-hydrogen) atoms. The predicted octanol–water partition coefficient (Wildman–Crippen LogP) is 2.46. The van der Waals surface area contributed by atoms with Gasteiger partial charge in [0.15, 0.2) is 5.11 Å². The third-order valence-electron chi connectivity index (χ3n) is 1.57. The molecule has 0 saturated heterocycles. The van der Waals surface area contributed by atoms with Crippen molar-refractivity contribution in [3.8, 4) is 0 Å². The van der Waals surface area contributed by atoms with Crippen LogP contribution in [0.1, 0.15) is 10.4 Å². The maximum absolute atomic E-state index is 10.9. The van der Waals surface area contributed by atoms with E-state index in [1.165, 1.54) is 6.07 Å². The number of halogens is 2. The average Bonchev–Trinajstić information content (AvgIpc) is 2.10. The third kappa shape index (κ3) is 2.80. The van der Waals surface area contributed by atoms with Gasteiger partial charge in [-0.1, -0.05) is 11.6 Å². The summed E-state index contributed by atoms with van der Waals surface area (Å²) in [5.41, 5.74) is 5.45. The first kappa shape index (κ1) is 12.2. The predicted molar refractivity (Wildman–Crippen MR) is 66.5 cm³/mol. The number of thiocarbonyl (C=S) groups is 1. The summed E-state index contributed by atoms with van der Waals surface area (Å²) in [5, 5.41) is 11.6. The quantitative estimate of drug-likeness (QED) is 0.732. The zero-order chi connectivity index (χ0) is 11.6. The Morgan fingerprint density at radius 2 is 2.20 bits per heavy atom. The van der Waals surface area contributed by atoms with Gasteiger partial charge in [-0.15, -0.1) is 0 Å². The van der Waals surface area contributed by atoms with Crippen molar-refractivity contribution in [2.45, 2.75) is 0 Å². The van der Waals surface area contributed by atoms with Crippen molar-refractivity contribution in [3.63, 3.8) is 0 Å². The van der Waals surface area contributed by atoms with E-state index in [0.29, 0.717) is 4.47 Å². The van der Waals surface area contributed by atoms with Crippen molar-refractivity contribution in [1.82, 2.24) is 0 Å². The van der Waals surface area contributed by atoms with E-state index in [-0.39, 0.29) is 21.4 Å². The molecule has 7 heteroatoms. The lowest BCUT2D eigenvalue weighted by molar-refractivity contribution is 0.0698. The van der Waals surface area contributed by atoms with Gasteiger partial charge in [0.05, 0.1) is 10.7 Å². The number of anilines is 1. The molecule has 1 aromatic rings. The topological polar surface area (TPSA) is 75.3 Å². The maximum atomic E-state index is 10.9. The molecule has 0 radical (unpaired) electrons. The Morgan fingerprint density at radius 3 is 2.67 bits per heavy atom. The third-order valence-corrected chi connectivity index (χ3v) is 2.95.